The van der Waals surface area contributed by atoms with Crippen LogP contribution in [0, 0.1) is 0 Å². The van der Waals surface area contributed by atoms with Crippen molar-refractivity contribution in [1.29, 1.82) is 0 Å². The fourth-order valence-corrected chi connectivity index (χ4v) is 3.62. The Hall–Kier alpha value is -3.02. The van der Waals surface area contributed by atoms with E-state index in [1.54, 1.807) is 32.4 Å². The van der Waals surface area contributed by atoms with Gasteiger partial charge in [-0.25, -0.2) is 0 Å². The number of rotatable bonds is 19. The van der Waals surface area contributed by atoms with Crippen LogP contribution in [-0.2, 0) is 25.5 Å². The van der Waals surface area contributed by atoms with E-state index in [0.717, 1.165) is 30.6 Å². The SMILES string of the molecule is CCCCCCCCCC(=O)Oc1ccc(CC=C(C/C=C(\CC)OC)C(=O)NC/C=C/OC)cc1. The van der Waals surface area contributed by atoms with Crippen LogP contribution in [0.5, 0.6) is 5.75 Å². The van der Waals surface area contributed by atoms with Gasteiger partial charge in [-0.15, -0.1) is 0 Å². The Kier molecular flexibility index (Phi) is 17.4. The van der Waals surface area contributed by atoms with Crippen LogP contribution < -0.4 is 10.1 Å². The second-order valence-electron chi connectivity index (χ2n) is 8.67. The average molecular weight is 500 g/mol. The molecule has 0 aromatic heterocycles. The molecule has 0 aliphatic carbocycles. The Morgan fingerprint density at radius 2 is 1.61 bits per heavy atom. The predicted octanol–water partition coefficient (Wildman–Crippen LogP) is 6.81. The zero-order valence-corrected chi connectivity index (χ0v) is 22.6. The van der Waals surface area contributed by atoms with E-state index in [-0.39, 0.29) is 11.9 Å². The summed E-state index contributed by atoms with van der Waals surface area (Å²) < 4.78 is 15.7. The molecule has 0 saturated heterocycles. The van der Waals surface area contributed by atoms with E-state index in [2.05, 4.69) is 12.2 Å². The monoisotopic (exact) mass is 499 g/mol. The number of benzene rings is 1. The van der Waals surface area contributed by atoms with E-state index in [0.29, 0.717) is 37.1 Å². The van der Waals surface area contributed by atoms with E-state index in [1.807, 2.05) is 31.2 Å². The Morgan fingerprint density at radius 1 is 0.917 bits per heavy atom. The minimum absolute atomic E-state index is 0.130. The van der Waals surface area contributed by atoms with Crippen LogP contribution in [0.25, 0.3) is 0 Å². The highest BCUT2D eigenvalue weighted by Crippen LogP contribution is 2.17. The third kappa shape index (κ3) is 14.4. The highest BCUT2D eigenvalue weighted by Gasteiger charge is 2.09. The van der Waals surface area contributed by atoms with Crippen LogP contribution in [0.15, 0.2) is 60.1 Å². The molecule has 0 atom stereocenters. The van der Waals surface area contributed by atoms with Crippen molar-refractivity contribution >= 4 is 11.9 Å². The summed E-state index contributed by atoms with van der Waals surface area (Å²) in [5.41, 5.74) is 1.69. The van der Waals surface area contributed by atoms with Crippen molar-refractivity contribution in [3.63, 3.8) is 0 Å². The van der Waals surface area contributed by atoms with Crippen molar-refractivity contribution in [3.8, 4) is 5.75 Å². The molecular formula is C30H45NO5. The summed E-state index contributed by atoms with van der Waals surface area (Å²) in [5, 5.41) is 2.88. The highest BCUT2D eigenvalue weighted by atomic mass is 16.5. The van der Waals surface area contributed by atoms with Gasteiger partial charge in [-0.3, -0.25) is 9.59 Å². The molecule has 0 spiro atoms. The van der Waals surface area contributed by atoms with Gasteiger partial charge in [-0.1, -0.05) is 70.6 Å². The predicted molar refractivity (Wildman–Crippen MR) is 146 cm³/mol. The van der Waals surface area contributed by atoms with Crippen molar-refractivity contribution in [1.82, 2.24) is 5.32 Å². The molecule has 6 heteroatoms. The van der Waals surface area contributed by atoms with Gasteiger partial charge in [0.1, 0.15) is 5.75 Å². The third-order valence-corrected chi connectivity index (χ3v) is 5.79. The van der Waals surface area contributed by atoms with Crippen LogP contribution in [-0.4, -0.2) is 32.6 Å². The molecule has 1 aromatic carbocycles. The summed E-state index contributed by atoms with van der Waals surface area (Å²) >= 11 is 0. The molecule has 1 aromatic rings. The van der Waals surface area contributed by atoms with E-state index in [1.165, 1.54) is 38.4 Å². The normalized spacial score (nSPS) is 12.0. The second-order valence-corrected chi connectivity index (χ2v) is 8.67. The van der Waals surface area contributed by atoms with Crippen LogP contribution >= 0.6 is 0 Å². The number of carbonyl (C=O) groups excluding carboxylic acids is 2. The van der Waals surface area contributed by atoms with Crippen molar-refractivity contribution in [3.05, 3.63) is 65.7 Å². The average Bonchev–Trinajstić information content (AvgIpc) is 2.89. The number of unbranched alkanes of at least 4 members (excludes halogenated alkanes) is 6. The summed E-state index contributed by atoms with van der Waals surface area (Å²) in [4.78, 5) is 24.8. The number of nitrogens with one attached hydrogen (secondary N) is 1. The molecule has 1 rings (SSSR count). The van der Waals surface area contributed by atoms with E-state index < -0.39 is 0 Å². The number of amides is 1. The molecular weight excluding hydrogens is 454 g/mol. The van der Waals surface area contributed by atoms with Crippen LogP contribution in [0.1, 0.15) is 83.6 Å². The van der Waals surface area contributed by atoms with E-state index in [4.69, 9.17) is 14.2 Å². The molecule has 0 bridgehead atoms. The summed E-state index contributed by atoms with van der Waals surface area (Å²) in [6.45, 7) is 4.61. The zero-order chi connectivity index (χ0) is 26.4. The lowest BCUT2D eigenvalue weighted by Gasteiger charge is -2.09. The van der Waals surface area contributed by atoms with Crippen molar-refractivity contribution in [2.45, 2.75) is 84.5 Å². The summed E-state index contributed by atoms with van der Waals surface area (Å²) in [6.07, 6.45) is 17.6. The Bertz CT molecular complexity index is 833. The first-order valence-electron chi connectivity index (χ1n) is 13.2. The molecule has 0 radical (unpaired) electrons. The first-order chi connectivity index (χ1) is 17.5. The van der Waals surface area contributed by atoms with Gasteiger partial charge >= 0.3 is 5.97 Å². The first kappa shape index (κ1) is 31.0. The molecule has 0 saturated carbocycles. The number of ether oxygens (including phenoxy) is 3. The maximum Gasteiger partial charge on any atom is 0.311 e. The van der Waals surface area contributed by atoms with Gasteiger partial charge in [0.15, 0.2) is 0 Å². The lowest BCUT2D eigenvalue weighted by Crippen LogP contribution is -2.25. The highest BCUT2D eigenvalue weighted by molar-refractivity contribution is 5.93. The minimum Gasteiger partial charge on any atom is -0.505 e. The van der Waals surface area contributed by atoms with Gasteiger partial charge in [0.2, 0.25) is 5.91 Å². The van der Waals surface area contributed by atoms with E-state index >= 15 is 0 Å². The van der Waals surface area contributed by atoms with Gasteiger partial charge in [0.05, 0.1) is 26.2 Å². The largest absolute Gasteiger partial charge is 0.505 e. The topological polar surface area (TPSA) is 73.9 Å². The number of hydrogen-bond acceptors (Lipinski definition) is 5. The van der Waals surface area contributed by atoms with Gasteiger partial charge in [0, 0.05) is 25.0 Å². The maximum atomic E-state index is 12.7. The molecule has 0 heterocycles. The zero-order valence-electron chi connectivity index (χ0n) is 22.6. The van der Waals surface area contributed by atoms with E-state index in [9.17, 15) is 9.59 Å². The number of allylic oxidation sites excluding steroid dienone is 3. The van der Waals surface area contributed by atoms with Crippen molar-refractivity contribution in [2.24, 2.45) is 0 Å². The van der Waals surface area contributed by atoms with Gasteiger partial charge in [-0.05, 0) is 49.1 Å². The van der Waals surface area contributed by atoms with Crippen molar-refractivity contribution in [2.75, 3.05) is 20.8 Å². The third-order valence-electron chi connectivity index (χ3n) is 5.79. The smallest absolute Gasteiger partial charge is 0.311 e. The Morgan fingerprint density at radius 3 is 2.25 bits per heavy atom. The number of hydrogen-bond donors (Lipinski definition) is 1. The van der Waals surface area contributed by atoms with Gasteiger partial charge in [0.25, 0.3) is 0 Å². The van der Waals surface area contributed by atoms with Crippen LogP contribution in [0.2, 0.25) is 0 Å². The first-order valence-corrected chi connectivity index (χ1v) is 13.2. The minimum atomic E-state index is -0.186. The van der Waals surface area contributed by atoms with Gasteiger partial charge < -0.3 is 19.5 Å². The Labute approximate surface area is 217 Å². The molecule has 0 fully saturated rings. The standard InChI is InChI=1S/C30H45NO5/c1-5-7-8-9-10-11-12-14-29(32)36-28-20-16-25(17-21-28)15-18-26(19-22-27(6-2)35-4)30(33)31-23-13-24-34-3/h13,16-18,20-22,24H,5-12,14-15,19,23H2,1-4H3,(H,31,33)/b24-13+,26-18?,27-22+. The number of methoxy groups -OCH3 is 2. The molecule has 1 amide bonds. The molecule has 36 heavy (non-hydrogen) atoms. The summed E-state index contributed by atoms with van der Waals surface area (Å²) in [7, 11) is 3.20. The summed E-state index contributed by atoms with van der Waals surface area (Å²) in [6, 6.07) is 7.46. The molecule has 1 N–H and O–H groups in total. The quantitative estimate of drug-likeness (QED) is 0.0744. The summed E-state index contributed by atoms with van der Waals surface area (Å²) in [5.74, 6) is 1.08. The lowest BCUT2D eigenvalue weighted by molar-refractivity contribution is -0.134. The van der Waals surface area contributed by atoms with Gasteiger partial charge in [-0.2, -0.15) is 0 Å². The Balaban J connectivity index is 2.62. The molecule has 200 valence electrons. The molecule has 0 aliphatic rings. The van der Waals surface area contributed by atoms with Crippen LogP contribution in [0.3, 0.4) is 0 Å². The lowest BCUT2D eigenvalue weighted by atomic mass is 10.1. The second kappa shape index (κ2) is 20.2. The number of esters is 1. The molecule has 6 nitrogen and oxygen atoms in total. The maximum absolute atomic E-state index is 12.7. The molecule has 0 unspecified atom stereocenters. The van der Waals surface area contributed by atoms with Crippen LogP contribution in [0.4, 0.5) is 0 Å². The molecule has 0 aliphatic heterocycles. The van der Waals surface area contributed by atoms with Crippen molar-refractivity contribution < 1.29 is 23.8 Å². The fraction of sp³-hybridized carbons (Fsp3) is 0.533. The fourth-order valence-electron chi connectivity index (χ4n) is 3.62. The number of carbonyl (C=O) groups is 2.